The van der Waals surface area contributed by atoms with Gasteiger partial charge >= 0.3 is 5.69 Å². The molecule has 3 aromatic heterocycles. The number of hydrogen-bond donors (Lipinski definition) is 1. The minimum absolute atomic E-state index is 0.0999. The lowest BCUT2D eigenvalue weighted by Crippen LogP contribution is -2.02. The number of aromatic nitrogens is 3. The molecule has 3 heterocycles. The molecular weight excluding hydrogens is 332 g/mol. The Kier molecular flexibility index (Phi) is 4.74. The Morgan fingerprint density at radius 2 is 2.00 bits per heavy atom. The molecule has 3 aromatic rings. The molecule has 0 spiro atoms. The van der Waals surface area contributed by atoms with Crippen LogP contribution in [-0.4, -0.2) is 25.7 Å². The van der Waals surface area contributed by atoms with Crippen molar-refractivity contribution in [2.24, 2.45) is 5.10 Å². The molecule has 26 heavy (non-hydrogen) atoms. The van der Waals surface area contributed by atoms with Crippen LogP contribution in [0.3, 0.4) is 0 Å². The number of rotatable bonds is 5. The molecule has 0 bridgehead atoms. The van der Waals surface area contributed by atoms with Crippen molar-refractivity contribution in [2.45, 2.75) is 20.8 Å². The first-order valence-electron chi connectivity index (χ1n) is 7.98. The summed E-state index contributed by atoms with van der Waals surface area (Å²) in [6.45, 7) is 5.98. The maximum absolute atomic E-state index is 11.0. The number of pyridine rings is 2. The lowest BCUT2D eigenvalue weighted by atomic mass is 10.2. The van der Waals surface area contributed by atoms with E-state index in [9.17, 15) is 10.1 Å². The predicted molar refractivity (Wildman–Crippen MR) is 99.9 cm³/mol. The Labute approximate surface area is 150 Å². The standard InChI is InChI=1S/C18H18N6O2/c1-12-6-8-19-17(9-12)23-13(2)10-15(14(23)3)11-21-22-18-16(24(25)26)5-4-7-20-18/h4-11H,1-3H3,(H,20,22)/b21-11-. The van der Waals surface area contributed by atoms with Gasteiger partial charge in [-0.2, -0.15) is 5.10 Å². The molecule has 3 rings (SSSR count). The van der Waals surface area contributed by atoms with Crippen LogP contribution in [0.1, 0.15) is 22.5 Å². The third-order valence-electron chi connectivity index (χ3n) is 3.96. The SMILES string of the molecule is Cc1ccnc(-n2c(C)cc(/C=N\Nc3ncccc3[N+](=O)[O-])c2C)c1. The van der Waals surface area contributed by atoms with Crippen LogP contribution >= 0.6 is 0 Å². The molecular formula is C18H18N6O2. The number of nitrogens with zero attached hydrogens (tertiary/aromatic N) is 5. The summed E-state index contributed by atoms with van der Waals surface area (Å²) in [5.74, 6) is 0.941. The van der Waals surface area contributed by atoms with Crippen LogP contribution in [0.25, 0.3) is 5.82 Å². The number of aryl methyl sites for hydroxylation is 2. The Bertz CT molecular complexity index is 993. The monoisotopic (exact) mass is 350 g/mol. The molecule has 0 aliphatic rings. The number of hydrazone groups is 1. The van der Waals surface area contributed by atoms with Crippen molar-refractivity contribution in [1.29, 1.82) is 0 Å². The highest BCUT2D eigenvalue weighted by Gasteiger charge is 2.13. The Morgan fingerprint density at radius 3 is 2.73 bits per heavy atom. The first kappa shape index (κ1) is 17.3. The third-order valence-corrected chi connectivity index (χ3v) is 3.96. The van der Waals surface area contributed by atoms with Crippen LogP contribution in [0.15, 0.2) is 47.8 Å². The molecule has 0 unspecified atom stereocenters. The van der Waals surface area contributed by atoms with Gasteiger partial charge in [0.1, 0.15) is 5.82 Å². The molecule has 0 saturated carbocycles. The van der Waals surface area contributed by atoms with E-state index in [1.54, 1.807) is 12.4 Å². The fourth-order valence-corrected chi connectivity index (χ4v) is 2.71. The fourth-order valence-electron chi connectivity index (χ4n) is 2.71. The molecule has 0 radical (unpaired) electrons. The summed E-state index contributed by atoms with van der Waals surface area (Å²) in [6.07, 6.45) is 4.87. The van der Waals surface area contributed by atoms with Crippen molar-refractivity contribution < 1.29 is 4.92 Å². The van der Waals surface area contributed by atoms with Gasteiger partial charge in [0.2, 0.25) is 5.82 Å². The van der Waals surface area contributed by atoms with Crippen molar-refractivity contribution >= 4 is 17.7 Å². The average molecular weight is 350 g/mol. The van der Waals surface area contributed by atoms with E-state index in [2.05, 4.69) is 20.5 Å². The van der Waals surface area contributed by atoms with E-state index in [-0.39, 0.29) is 11.5 Å². The predicted octanol–water partition coefficient (Wildman–Crippen LogP) is 3.55. The summed E-state index contributed by atoms with van der Waals surface area (Å²) < 4.78 is 2.04. The Balaban J connectivity index is 1.87. The van der Waals surface area contributed by atoms with Crippen molar-refractivity contribution in [3.05, 3.63) is 75.4 Å². The van der Waals surface area contributed by atoms with Crippen LogP contribution < -0.4 is 5.43 Å². The van der Waals surface area contributed by atoms with Gasteiger partial charge in [-0.3, -0.25) is 15.5 Å². The number of hydrogen-bond acceptors (Lipinski definition) is 6. The second-order valence-electron chi connectivity index (χ2n) is 5.85. The van der Waals surface area contributed by atoms with E-state index in [4.69, 9.17) is 0 Å². The quantitative estimate of drug-likeness (QED) is 0.431. The largest absolute Gasteiger partial charge is 0.313 e. The normalized spacial score (nSPS) is 11.0. The molecule has 1 N–H and O–H groups in total. The summed E-state index contributed by atoms with van der Waals surface area (Å²) in [5.41, 5.74) is 6.52. The van der Waals surface area contributed by atoms with Crippen LogP contribution in [0, 0.1) is 30.9 Å². The second kappa shape index (κ2) is 7.14. The lowest BCUT2D eigenvalue weighted by Gasteiger charge is -2.08. The summed E-state index contributed by atoms with van der Waals surface area (Å²) >= 11 is 0. The highest BCUT2D eigenvalue weighted by molar-refractivity contribution is 5.82. The van der Waals surface area contributed by atoms with Gasteiger partial charge in [-0.1, -0.05) is 0 Å². The smallest absolute Gasteiger partial charge is 0.303 e. The van der Waals surface area contributed by atoms with E-state index in [1.807, 2.05) is 43.5 Å². The van der Waals surface area contributed by atoms with Crippen molar-refractivity contribution in [3.63, 3.8) is 0 Å². The maximum Gasteiger partial charge on any atom is 0.313 e. The number of nitro groups is 1. The molecule has 0 amide bonds. The van der Waals surface area contributed by atoms with Gasteiger partial charge < -0.3 is 4.57 Å². The molecule has 0 saturated heterocycles. The number of nitrogens with one attached hydrogen (secondary N) is 1. The van der Waals surface area contributed by atoms with Gasteiger partial charge in [-0.15, -0.1) is 0 Å². The number of anilines is 1. The van der Waals surface area contributed by atoms with Gasteiger partial charge in [-0.25, -0.2) is 9.97 Å². The minimum atomic E-state index is -0.500. The minimum Gasteiger partial charge on any atom is -0.303 e. The van der Waals surface area contributed by atoms with Crippen LogP contribution in [0.5, 0.6) is 0 Å². The Morgan fingerprint density at radius 1 is 1.19 bits per heavy atom. The van der Waals surface area contributed by atoms with Crippen molar-refractivity contribution in [3.8, 4) is 5.82 Å². The second-order valence-corrected chi connectivity index (χ2v) is 5.85. The highest BCUT2D eigenvalue weighted by atomic mass is 16.6. The molecule has 0 atom stereocenters. The lowest BCUT2D eigenvalue weighted by molar-refractivity contribution is -0.384. The molecule has 0 aromatic carbocycles. The summed E-state index contributed by atoms with van der Waals surface area (Å²) in [4.78, 5) is 18.9. The summed E-state index contributed by atoms with van der Waals surface area (Å²) in [5, 5.41) is 15.1. The molecule has 0 aliphatic heterocycles. The molecule has 0 fully saturated rings. The first-order valence-corrected chi connectivity index (χ1v) is 7.98. The highest BCUT2D eigenvalue weighted by Crippen LogP contribution is 2.21. The van der Waals surface area contributed by atoms with Crippen LogP contribution in [0.2, 0.25) is 0 Å². The van der Waals surface area contributed by atoms with Gasteiger partial charge in [-0.05, 0) is 50.6 Å². The van der Waals surface area contributed by atoms with Crippen LogP contribution in [-0.2, 0) is 0 Å². The van der Waals surface area contributed by atoms with Gasteiger partial charge in [0.05, 0.1) is 11.1 Å². The van der Waals surface area contributed by atoms with Gasteiger partial charge in [0.25, 0.3) is 0 Å². The summed E-state index contributed by atoms with van der Waals surface area (Å²) in [7, 11) is 0. The van der Waals surface area contributed by atoms with Gasteiger partial charge in [0.15, 0.2) is 0 Å². The average Bonchev–Trinajstić information content (AvgIpc) is 2.89. The van der Waals surface area contributed by atoms with Crippen molar-refractivity contribution in [2.75, 3.05) is 5.43 Å². The molecule has 8 nitrogen and oxygen atoms in total. The fraction of sp³-hybridized carbons (Fsp3) is 0.167. The van der Waals surface area contributed by atoms with E-state index < -0.39 is 4.92 Å². The maximum atomic E-state index is 11.0. The zero-order valence-electron chi connectivity index (χ0n) is 14.7. The molecule has 132 valence electrons. The zero-order valence-corrected chi connectivity index (χ0v) is 14.7. The van der Waals surface area contributed by atoms with Crippen molar-refractivity contribution in [1.82, 2.24) is 14.5 Å². The van der Waals surface area contributed by atoms with E-state index in [0.29, 0.717) is 0 Å². The van der Waals surface area contributed by atoms with E-state index in [1.165, 1.54) is 18.3 Å². The first-order chi connectivity index (χ1) is 12.5. The Hall–Kier alpha value is -3.55. The summed E-state index contributed by atoms with van der Waals surface area (Å²) in [6, 6.07) is 8.83. The topological polar surface area (TPSA) is 98.2 Å². The van der Waals surface area contributed by atoms with E-state index >= 15 is 0 Å². The third kappa shape index (κ3) is 3.44. The zero-order chi connectivity index (χ0) is 18.7. The molecule has 0 aliphatic carbocycles. The van der Waals surface area contributed by atoms with Crippen LogP contribution in [0.4, 0.5) is 11.5 Å². The van der Waals surface area contributed by atoms with E-state index in [0.717, 1.165) is 28.3 Å². The van der Waals surface area contributed by atoms with Gasteiger partial charge in [0, 0.05) is 35.4 Å². The molecule has 8 heteroatoms.